The maximum absolute atomic E-state index is 11.5. The molecule has 1 N–H and O–H groups in total. The summed E-state index contributed by atoms with van der Waals surface area (Å²) in [5, 5.41) is 10.3. The normalized spacial score (nSPS) is 19.3. The molecule has 0 aromatic carbocycles. The number of esters is 1. The number of thioether (sulfide) groups is 1. The number of nitrogens with zero attached hydrogens (tertiary/aromatic N) is 2. The number of amides is 1. The van der Waals surface area contributed by atoms with Crippen LogP contribution in [0.4, 0.5) is 0 Å². The van der Waals surface area contributed by atoms with Gasteiger partial charge in [0, 0.05) is 6.08 Å². The van der Waals surface area contributed by atoms with Crippen molar-refractivity contribution in [2.75, 3.05) is 7.11 Å². The molecule has 98 valence electrons. The fourth-order valence-corrected chi connectivity index (χ4v) is 1.88. The predicted molar refractivity (Wildman–Crippen MR) is 69.6 cm³/mol. The Morgan fingerprint density at radius 2 is 2.42 bits per heavy atom. The van der Waals surface area contributed by atoms with Crippen LogP contribution in [-0.4, -0.2) is 30.4 Å². The Labute approximate surface area is 112 Å². The van der Waals surface area contributed by atoms with Crippen LogP contribution in [-0.2, 0) is 14.3 Å². The van der Waals surface area contributed by atoms with Crippen molar-refractivity contribution in [2.24, 2.45) is 10.2 Å². The van der Waals surface area contributed by atoms with E-state index in [1.807, 2.05) is 0 Å². The van der Waals surface area contributed by atoms with Crippen LogP contribution in [0, 0.1) is 0 Å². The number of furan rings is 1. The second-order valence-corrected chi connectivity index (χ2v) is 4.28. The van der Waals surface area contributed by atoms with Crippen LogP contribution in [0.5, 0.6) is 0 Å². The number of carbonyl (C=O) groups is 2. The van der Waals surface area contributed by atoms with E-state index in [2.05, 4.69) is 20.3 Å². The number of ether oxygens (including phenoxy) is 1. The standard InChI is InChI=1S/C11H9N3O4S/c1-17-9(15)5-8-10(16)13-11(19-8)14-12-6-7-3-2-4-18-7/h2-6H,1H3,(H,13,14,16)/b8-5-,12-6?. The SMILES string of the molecule is COC(=O)/C=C1\S/C(=N/N=Cc2ccco2)NC1=O. The molecule has 1 aliphatic heterocycles. The summed E-state index contributed by atoms with van der Waals surface area (Å²) in [6, 6.07) is 3.43. The minimum atomic E-state index is -0.599. The molecular weight excluding hydrogens is 270 g/mol. The van der Waals surface area contributed by atoms with Crippen molar-refractivity contribution in [1.82, 2.24) is 5.32 Å². The summed E-state index contributed by atoms with van der Waals surface area (Å²) in [5.41, 5.74) is 0. The van der Waals surface area contributed by atoms with Crippen LogP contribution >= 0.6 is 11.8 Å². The highest BCUT2D eigenvalue weighted by molar-refractivity contribution is 8.18. The van der Waals surface area contributed by atoms with E-state index in [4.69, 9.17) is 4.42 Å². The third-order valence-electron chi connectivity index (χ3n) is 1.98. The van der Waals surface area contributed by atoms with Crippen molar-refractivity contribution in [3.63, 3.8) is 0 Å². The van der Waals surface area contributed by atoms with Crippen LogP contribution in [0.15, 0.2) is 44.0 Å². The number of carbonyl (C=O) groups excluding carboxylic acids is 2. The second-order valence-electron chi connectivity index (χ2n) is 3.25. The molecule has 0 saturated carbocycles. The fourth-order valence-electron chi connectivity index (χ4n) is 1.14. The molecule has 1 saturated heterocycles. The fraction of sp³-hybridized carbons (Fsp3) is 0.0909. The first kappa shape index (κ1) is 13.1. The molecule has 8 heteroatoms. The summed E-state index contributed by atoms with van der Waals surface area (Å²) < 4.78 is 9.46. The van der Waals surface area contributed by atoms with E-state index in [-0.39, 0.29) is 10.1 Å². The molecule has 2 heterocycles. The van der Waals surface area contributed by atoms with Gasteiger partial charge in [0.1, 0.15) is 5.76 Å². The second kappa shape index (κ2) is 6.01. The highest BCUT2D eigenvalue weighted by Gasteiger charge is 2.24. The highest BCUT2D eigenvalue weighted by Crippen LogP contribution is 2.23. The van der Waals surface area contributed by atoms with Crippen LogP contribution in [0.25, 0.3) is 0 Å². The first-order chi connectivity index (χ1) is 9.19. The van der Waals surface area contributed by atoms with Gasteiger partial charge in [-0.1, -0.05) is 0 Å². The van der Waals surface area contributed by atoms with Crippen LogP contribution in [0.3, 0.4) is 0 Å². The van der Waals surface area contributed by atoms with Gasteiger partial charge in [0.05, 0.1) is 24.5 Å². The lowest BCUT2D eigenvalue weighted by molar-refractivity contribution is -0.135. The van der Waals surface area contributed by atoms with Gasteiger partial charge in [0.15, 0.2) is 5.17 Å². The maximum Gasteiger partial charge on any atom is 0.331 e. The third kappa shape index (κ3) is 3.55. The van der Waals surface area contributed by atoms with Gasteiger partial charge in [-0.2, -0.15) is 5.10 Å². The lowest BCUT2D eigenvalue weighted by Gasteiger charge is -1.90. The van der Waals surface area contributed by atoms with Gasteiger partial charge in [0.25, 0.3) is 5.91 Å². The summed E-state index contributed by atoms with van der Waals surface area (Å²) in [7, 11) is 1.24. The van der Waals surface area contributed by atoms with Crippen LogP contribution in [0.1, 0.15) is 5.76 Å². The first-order valence-corrected chi connectivity index (χ1v) is 5.94. The summed E-state index contributed by atoms with van der Waals surface area (Å²) in [4.78, 5) is 22.7. The number of hydrogen-bond acceptors (Lipinski definition) is 7. The molecular formula is C11H9N3O4S. The quantitative estimate of drug-likeness (QED) is 0.384. The third-order valence-corrected chi connectivity index (χ3v) is 2.88. The molecule has 19 heavy (non-hydrogen) atoms. The first-order valence-electron chi connectivity index (χ1n) is 5.12. The van der Waals surface area contributed by atoms with Crippen LogP contribution < -0.4 is 5.32 Å². The predicted octanol–water partition coefficient (Wildman–Crippen LogP) is 0.889. The molecule has 1 aliphatic rings. The number of hydrogen-bond donors (Lipinski definition) is 1. The van der Waals surface area contributed by atoms with Gasteiger partial charge in [-0.15, -0.1) is 5.10 Å². The van der Waals surface area contributed by atoms with Gasteiger partial charge in [-0.05, 0) is 23.9 Å². The number of rotatable bonds is 3. The Morgan fingerprint density at radius 1 is 1.58 bits per heavy atom. The van der Waals surface area contributed by atoms with Crippen molar-refractivity contribution in [3.05, 3.63) is 35.1 Å². The van der Waals surface area contributed by atoms with E-state index in [0.29, 0.717) is 5.76 Å². The largest absolute Gasteiger partial charge is 0.466 e. The van der Waals surface area contributed by atoms with Gasteiger partial charge in [0.2, 0.25) is 0 Å². The smallest absolute Gasteiger partial charge is 0.331 e. The summed E-state index contributed by atoms with van der Waals surface area (Å²) in [6.45, 7) is 0. The molecule has 0 aliphatic carbocycles. The number of amidine groups is 1. The van der Waals surface area contributed by atoms with Gasteiger partial charge >= 0.3 is 5.97 Å². The van der Waals surface area contributed by atoms with E-state index >= 15 is 0 Å². The van der Waals surface area contributed by atoms with Gasteiger partial charge in [-0.25, -0.2) is 4.79 Å². The molecule has 0 unspecified atom stereocenters. The van der Waals surface area contributed by atoms with E-state index in [1.54, 1.807) is 12.1 Å². The Kier molecular flexibility index (Phi) is 4.14. The molecule has 1 aromatic heterocycles. The molecule has 7 nitrogen and oxygen atoms in total. The summed E-state index contributed by atoms with van der Waals surface area (Å²) in [6.07, 6.45) is 4.01. The minimum absolute atomic E-state index is 0.207. The Balaban J connectivity index is 2.02. The highest BCUT2D eigenvalue weighted by atomic mass is 32.2. The molecule has 0 atom stereocenters. The number of methoxy groups -OCH3 is 1. The van der Waals surface area contributed by atoms with E-state index in [1.165, 1.54) is 19.6 Å². The number of nitrogens with one attached hydrogen (secondary N) is 1. The van der Waals surface area contributed by atoms with E-state index < -0.39 is 11.9 Å². The molecule has 1 fully saturated rings. The Hall–Kier alpha value is -2.35. The minimum Gasteiger partial charge on any atom is -0.466 e. The Bertz CT molecular complexity index is 575. The zero-order valence-electron chi connectivity index (χ0n) is 9.82. The van der Waals surface area contributed by atoms with Gasteiger partial charge < -0.3 is 9.15 Å². The average molecular weight is 279 g/mol. The van der Waals surface area contributed by atoms with Crippen molar-refractivity contribution < 1.29 is 18.7 Å². The van der Waals surface area contributed by atoms with Crippen LogP contribution in [0.2, 0.25) is 0 Å². The molecule has 1 amide bonds. The molecule has 0 bridgehead atoms. The topological polar surface area (TPSA) is 93.3 Å². The van der Waals surface area contributed by atoms with Gasteiger partial charge in [-0.3, -0.25) is 10.1 Å². The zero-order valence-corrected chi connectivity index (χ0v) is 10.6. The molecule has 2 rings (SSSR count). The molecule has 0 radical (unpaired) electrons. The summed E-state index contributed by atoms with van der Waals surface area (Å²) >= 11 is 1.00. The monoisotopic (exact) mass is 279 g/mol. The average Bonchev–Trinajstić information content (AvgIpc) is 3.00. The summed E-state index contributed by atoms with van der Waals surface area (Å²) in [5.74, 6) is -0.468. The zero-order chi connectivity index (χ0) is 13.7. The van der Waals surface area contributed by atoms with Crippen molar-refractivity contribution >= 4 is 35.0 Å². The lowest BCUT2D eigenvalue weighted by Crippen LogP contribution is -2.19. The maximum atomic E-state index is 11.5. The molecule has 1 aromatic rings. The Morgan fingerprint density at radius 3 is 3.11 bits per heavy atom. The van der Waals surface area contributed by atoms with Crippen molar-refractivity contribution in [3.8, 4) is 0 Å². The van der Waals surface area contributed by atoms with Crippen molar-refractivity contribution in [1.29, 1.82) is 0 Å². The van der Waals surface area contributed by atoms with Crippen molar-refractivity contribution in [2.45, 2.75) is 0 Å². The van der Waals surface area contributed by atoms with E-state index in [9.17, 15) is 9.59 Å². The molecule has 0 spiro atoms. The lowest BCUT2D eigenvalue weighted by atomic mass is 10.4. The van der Waals surface area contributed by atoms with E-state index in [0.717, 1.165) is 17.8 Å².